The fourth-order valence-corrected chi connectivity index (χ4v) is 3.26. The fraction of sp³-hybridized carbons (Fsp3) is 0.167. The van der Waals surface area contributed by atoms with Crippen molar-refractivity contribution in [3.8, 4) is 5.75 Å². The summed E-state index contributed by atoms with van der Waals surface area (Å²) in [5.41, 5.74) is 5.76. The molecule has 0 bridgehead atoms. The first kappa shape index (κ1) is 13.5. The Morgan fingerprint density at radius 3 is 2.39 bits per heavy atom. The number of halogens is 3. The highest BCUT2D eigenvalue weighted by Gasteiger charge is 2.22. The van der Waals surface area contributed by atoms with Gasteiger partial charge in [0.15, 0.2) is 0 Å². The van der Waals surface area contributed by atoms with Crippen LogP contribution in [0.4, 0.5) is 8.78 Å². The zero-order valence-corrected chi connectivity index (χ0v) is 11.8. The Hall–Kier alpha value is -0.980. The Bertz CT molecular complexity index is 550. The maximum absolute atomic E-state index is 13.9. The molecule has 1 atom stereocenters. The molecule has 0 fully saturated rings. The van der Waals surface area contributed by atoms with Crippen LogP contribution in [0.5, 0.6) is 5.75 Å². The largest absolute Gasteiger partial charge is 0.497 e. The third-order valence-corrected chi connectivity index (χ3v) is 4.48. The van der Waals surface area contributed by atoms with Crippen molar-refractivity contribution in [3.63, 3.8) is 0 Å². The lowest BCUT2D eigenvalue weighted by atomic mass is 10.0. The van der Waals surface area contributed by atoms with Gasteiger partial charge in [0.2, 0.25) is 0 Å². The van der Waals surface area contributed by atoms with Crippen LogP contribution < -0.4 is 10.5 Å². The lowest BCUT2D eigenvalue weighted by Crippen LogP contribution is -2.15. The first-order chi connectivity index (χ1) is 8.54. The monoisotopic (exact) mass is 333 g/mol. The minimum Gasteiger partial charge on any atom is -0.497 e. The molecule has 0 spiro atoms. The van der Waals surface area contributed by atoms with Gasteiger partial charge in [-0.3, -0.25) is 0 Å². The Kier molecular flexibility index (Phi) is 3.99. The fourth-order valence-electron chi connectivity index (χ4n) is 1.63. The van der Waals surface area contributed by atoms with Crippen molar-refractivity contribution in [3.05, 3.63) is 50.1 Å². The van der Waals surface area contributed by atoms with Gasteiger partial charge >= 0.3 is 0 Å². The third-order valence-electron chi connectivity index (χ3n) is 2.53. The number of hydrogen-bond donors (Lipinski definition) is 1. The van der Waals surface area contributed by atoms with Crippen molar-refractivity contribution >= 4 is 27.3 Å². The number of hydrogen-bond acceptors (Lipinski definition) is 3. The number of ether oxygens (including phenoxy) is 1. The molecule has 18 heavy (non-hydrogen) atoms. The summed E-state index contributed by atoms with van der Waals surface area (Å²) in [6, 6.07) is 3.20. The molecule has 0 saturated heterocycles. The van der Waals surface area contributed by atoms with Gasteiger partial charge in [0.1, 0.15) is 17.4 Å². The highest BCUT2D eigenvalue weighted by atomic mass is 79.9. The van der Waals surface area contributed by atoms with E-state index in [0.29, 0.717) is 4.88 Å². The van der Waals surface area contributed by atoms with Crippen molar-refractivity contribution in [1.29, 1.82) is 0 Å². The normalized spacial score (nSPS) is 12.5. The predicted octanol–water partition coefficient (Wildman–Crippen LogP) is 3.85. The summed E-state index contributed by atoms with van der Waals surface area (Å²) >= 11 is 4.65. The van der Waals surface area contributed by atoms with E-state index < -0.39 is 17.7 Å². The number of benzene rings is 1. The van der Waals surface area contributed by atoms with Gasteiger partial charge in [-0.25, -0.2) is 8.78 Å². The Balaban J connectivity index is 2.48. The quantitative estimate of drug-likeness (QED) is 0.925. The summed E-state index contributed by atoms with van der Waals surface area (Å²) in [6.07, 6.45) is 0. The van der Waals surface area contributed by atoms with Crippen LogP contribution in [0.1, 0.15) is 16.5 Å². The van der Waals surface area contributed by atoms with E-state index in [9.17, 15) is 8.78 Å². The van der Waals surface area contributed by atoms with E-state index in [1.165, 1.54) is 18.4 Å². The van der Waals surface area contributed by atoms with Gasteiger partial charge in [0, 0.05) is 27.0 Å². The van der Waals surface area contributed by atoms with E-state index in [1.54, 1.807) is 11.4 Å². The molecule has 96 valence electrons. The van der Waals surface area contributed by atoms with E-state index in [0.717, 1.165) is 16.6 Å². The molecule has 2 rings (SSSR count). The lowest BCUT2D eigenvalue weighted by molar-refractivity contribution is 0.404. The summed E-state index contributed by atoms with van der Waals surface area (Å²) in [7, 11) is 1.35. The van der Waals surface area contributed by atoms with Crippen molar-refractivity contribution in [2.75, 3.05) is 7.11 Å². The summed E-state index contributed by atoms with van der Waals surface area (Å²) < 4.78 is 33.3. The van der Waals surface area contributed by atoms with Crippen LogP contribution in [-0.2, 0) is 0 Å². The summed E-state index contributed by atoms with van der Waals surface area (Å²) in [5, 5.41) is 1.80. The topological polar surface area (TPSA) is 35.2 Å². The highest BCUT2D eigenvalue weighted by molar-refractivity contribution is 9.10. The second kappa shape index (κ2) is 5.34. The van der Waals surface area contributed by atoms with Gasteiger partial charge in [-0.1, -0.05) is 0 Å². The van der Waals surface area contributed by atoms with Crippen LogP contribution in [0, 0.1) is 11.6 Å². The van der Waals surface area contributed by atoms with Gasteiger partial charge in [-0.05, 0) is 27.4 Å². The van der Waals surface area contributed by atoms with Gasteiger partial charge in [0.25, 0.3) is 0 Å². The second-order valence-electron chi connectivity index (χ2n) is 3.62. The van der Waals surface area contributed by atoms with Crippen molar-refractivity contribution in [1.82, 2.24) is 0 Å². The number of thiophene rings is 1. The summed E-state index contributed by atoms with van der Waals surface area (Å²) in [6.45, 7) is 0. The molecule has 1 aromatic carbocycles. The third kappa shape index (κ3) is 2.41. The van der Waals surface area contributed by atoms with E-state index >= 15 is 0 Å². The minimum atomic E-state index is -0.842. The maximum Gasteiger partial charge on any atom is 0.134 e. The molecule has 1 heterocycles. The summed E-state index contributed by atoms with van der Waals surface area (Å²) in [5.74, 6) is -1.29. The number of nitrogens with two attached hydrogens (primary N) is 1. The SMILES string of the molecule is COc1cc(F)c(C(N)c2sccc2Br)c(F)c1. The van der Waals surface area contributed by atoms with Crippen LogP contribution in [0.2, 0.25) is 0 Å². The Labute approximate surface area is 116 Å². The molecule has 0 aliphatic rings. The highest BCUT2D eigenvalue weighted by Crippen LogP contribution is 2.34. The molecule has 0 aliphatic heterocycles. The predicted molar refractivity (Wildman–Crippen MR) is 71.0 cm³/mol. The van der Waals surface area contributed by atoms with E-state index in [1.807, 2.05) is 0 Å². The van der Waals surface area contributed by atoms with Crippen LogP contribution in [0.25, 0.3) is 0 Å². The Morgan fingerprint density at radius 1 is 1.33 bits per heavy atom. The Morgan fingerprint density at radius 2 is 1.94 bits per heavy atom. The molecule has 6 heteroatoms. The van der Waals surface area contributed by atoms with E-state index in [2.05, 4.69) is 15.9 Å². The molecule has 1 aromatic heterocycles. The number of methoxy groups -OCH3 is 1. The van der Waals surface area contributed by atoms with Gasteiger partial charge in [-0.2, -0.15) is 0 Å². The minimum absolute atomic E-state index is 0.131. The molecule has 0 aliphatic carbocycles. The van der Waals surface area contributed by atoms with Crippen molar-refractivity contribution < 1.29 is 13.5 Å². The van der Waals surface area contributed by atoms with Crippen LogP contribution in [0.3, 0.4) is 0 Å². The van der Waals surface area contributed by atoms with Gasteiger partial charge < -0.3 is 10.5 Å². The van der Waals surface area contributed by atoms with Crippen LogP contribution in [-0.4, -0.2) is 7.11 Å². The smallest absolute Gasteiger partial charge is 0.134 e. The molecule has 2 N–H and O–H groups in total. The second-order valence-corrected chi connectivity index (χ2v) is 5.42. The zero-order chi connectivity index (χ0) is 13.3. The van der Waals surface area contributed by atoms with Crippen LogP contribution in [0.15, 0.2) is 28.1 Å². The van der Waals surface area contributed by atoms with Gasteiger partial charge in [0.05, 0.1) is 13.2 Å². The average Bonchev–Trinajstić information content (AvgIpc) is 2.74. The number of rotatable bonds is 3. The molecule has 2 aromatic rings. The van der Waals surface area contributed by atoms with E-state index in [-0.39, 0.29) is 11.3 Å². The standard InChI is InChI=1S/C12H10BrF2NOS/c1-17-6-4-8(14)10(9(15)5-6)11(16)12-7(13)2-3-18-12/h2-5,11H,16H2,1H3. The summed E-state index contributed by atoms with van der Waals surface area (Å²) in [4.78, 5) is 0.679. The lowest BCUT2D eigenvalue weighted by Gasteiger charge is -2.14. The van der Waals surface area contributed by atoms with E-state index in [4.69, 9.17) is 10.5 Å². The van der Waals surface area contributed by atoms with Crippen LogP contribution >= 0.6 is 27.3 Å². The first-order valence-electron chi connectivity index (χ1n) is 5.06. The van der Waals surface area contributed by atoms with Crippen molar-refractivity contribution in [2.24, 2.45) is 5.73 Å². The molecule has 0 saturated carbocycles. The zero-order valence-electron chi connectivity index (χ0n) is 9.41. The maximum atomic E-state index is 13.9. The average molecular weight is 334 g/mol. The van der Waals surface area contributed by atoms with Gasteiger partial charge in [-0.15, -0.1) is 11.3 Å². The molecule has 0 radical (unpaired) electrons. The van der Waals surface area contributed by atoms with Crippen molar-refractivity contribution in [2.45, 2.75) is 6.04 Å². The molecule has 1 unspecified atom stereocenters. The molecular formula is C12H10BrF2NOS. The molecular weight excluding hydrogens is 324 g/mol. The molecule has 2 nitrogen and oxygen atoms in total. The molecule has 0 amide bonds. The first-order valence-corrected chi connectivity index (χ1v) is 6.73.